The Morgan fingerprint density at radius 3 is 2.71 bits per heavy atom. The van der Waals surface area contributed by atoms with Gasteiger partial charge in [0.15, 0.2) is 0 Å². The lowest BCUT2D eigenvalue weighted by Gasteiger charge is -2.06. The number of pyridine rings is 1. The zero-order valence-electron chi connectivity index (χ0n) is 14.4. The predicted octanol–water partition coefficient (Wildman–Crippen LogP) is 2.54. The number of carbonyl (C=O) groups is 1. The molecule has 0 atom stereocenters. The second-order valence-corrected chi connectivity index (χ2v) is 4.46. The molecule has 130 valence electrons. The molecule has 0 amide bonds. The van der Waals surface area contributed by atoms with Crippen molar-refractivity contribution in [2.24, 2.45) is 15.7 Å². The van der Waals surface area contributed by atoms with Crippen LogP contribution in [0.5, 0.6) is 0 Å². The van der Waals surface area contributed by atoms with E-state index >= 15 is 0 Å². The van der Waals surface area contributed by atoms with Gasteiger partial charge in [-0.15, -0.1) is 0 Å². The molecule has 0 fully saturated rings. The van der Waals surface area contributed by atoms with Crippen LogP contribution in [0, 0.1) is 6.92 Å². The summed E-state index contributed by atoms with van der Waals surface area (Å²) in [5.41, 5.74) is 6.38. The van der Waals surface area contributed by atoms with E-state index in [-0.39, 0.29) is 5.70 Å². The number of anilines is 1. The summed E-state index contributed by atoms with van der Waals surface area (Å²) in [4.78, 5) is 23.3. The lowest BCUT2D eigenvalue weighted by atomic mass is 10.2. The number of aryl methyl sites for hydroxylation is 1. The van der Waals surface area contributed by atoms with Crippen LogP contribution in [0.2, 0.25) is 0 Å². The molecule has 0 aliphatic carbocycles. The molecule has 7 heteroatoms. The Hall–Kier alpha value is -2.96. The van der Waals surface area contributed by atoms with Crippen LogP contribution >= 0.6 is 0 Å². The van der Waals surface area contributed by atoms with Gasteiger partial charge in [-0.25, -0.2) is 9.78 Å². The molecule has 7 nitrogen and oxygen atoms in total. The Bertz CT molecular complexity index is 621. The molecule has 0 bridgehead atoms. The van der Waals surface area contributed by atoms with Gasteiger partial charge in [-0.1, -0.05) is 12.6 Å². The molecule has 4 N–H and O–H groups in total. The zero-order valence-corrected chi connectivity index (χ0v) is 14.4. The van der Waals surface area contributed by atoms with E-state index in [1.165, 1.54) is 12.4 Å². The number of aromatic nitrogens is 1. The topological polar surface area (TPSA) is 113 Å². The molecule has 0 radical (unpaired) electrons. The zero-order chi connectivity index (χ0) is 18.4. The fourth-order valence-electron chi connectivity index (χ4n) is 1.56. The van der Waals surface area contributed by atoms with Crippen LogP contribution in [-0.4, -0.2) is 35.2 Å². The van der Waals surface area contributed by atoms with Crippen molar-refractivity contribution < 1.29 is 9.90 Å². The third-order valence-electron chi connectivity index (χ3n) is 2.62. The minimum absolute atomic E-state index is 0.0157. The number of carboxylic acid groups (broad SMARTS) is 1. The maximum absolute atomic E-state index is 11.0. The number of allylic oxidation sites excluding steroid dienone is 1. The number of carboxylic acids is 1. The Balaban J connectivity index is 0.00000163. The molecule has 1 rings (SSSR count). The van der Waals surface area contributed by atoms with Crippen LogP contribution in [0.25, 0.3) is 0 Å². The largest absolute Gasteiger partial charge is 0.477 e. The van der Waals surface area contributed by atoms with E-state index in [9.17, 15) is 4.79 Å². The van der Waals surface area contributed by atoms with E-state index in [0.29, 0.717) is 18.8 Å². The summed E-state index contributed by atoms with van der Waals surface area (Å²) in [5, 5.41) is 12.0. The number of nitrogens with zero attached hydrogens (tertiary/aromatic N) is 3. The van der Waals surface area contributed by atoms with Crippen molar-refractivity contribution in [1.29, 1.82) is 0 Å². The first-order chi connectivity index (χ1) is 11.5. The third-order valence-corrected chi connectivity index (χ3v) is 2.62. The van der Waals surface area contributed by atoms with E-state index in [1.807, 2.05) is 26.0 Å². The number of nitrogens with one attached hydrogen (secondary N) is 1. The molecule has 0 aliphatic rings. The highest BCUT2D eigenvalue weighted by Gasteiger charge is 2.05. The highest BCUT2D eigenvalue weighted by Crippen LogP contribution is 2.13. The molecule has 0 saturated carbocycles. The molecule has 1 aromatic heterocycles. The van der Waals surface area contributed by atoms with Gasteiger partial charge in [0, 0.05) is 24.9 Å². The smallest absolute Gasteiger partial charge is 0.354 e. The highest BCUT2D eigenvalue weighted by atomic mass is 16.4. The van der Waals surface area contributed by atoms with Crippen molar-refractivity contribution in [1.82, 2.24) is 4.98 Å². The SMILES string of the molecule is C=CN.CC=N/C(=C\Cc1ccc(C)c(NC=NCC)n1)C(=O)O. The molecule has 0 spiro atoms. The van der Waals surface area contributed by atoms with Gasteiger partial charge in [0.2, 0.25) is 0 Å². The monoisotopic (exact) mass is 331 g/mol. The second kappa shape index (κ2) is 12.6. The number of aliphatic carboxylic acids is 1. The van der Waals surface area contributed by atoms with Crippen LogP contribution in [0.15, 0.2) is 46.7 Å². The van der Waals surface area contributed by atoms with Crippen molar-refractivity contribution in [3.63, 3.8) is 0 Å². The first kappa shape index (κ1) is 21.0. The summed E-state index contributed by atoms with van der Waals surface area (Å²) in [6.07, 6.45) is 6.26. The molecule has 0 unspecified atom stereocenters. The van der Waals surface area contributed by atoms with Gasteiger partial charge in [-0.2, -0.15) is 0 Å². The molecular weight excluding hydrogens is 306 g/mol. The molecular formula is C17H25N5O2. The summed E-state index contributed by atoms with van der Waals surface area (Å²) in [7, 11) is 0. The van der Waals surface area contributed by atoms with Gasteiger partial charge in [0.1, 0.15) is 11.5 Å². The van der Waals surface area contributed by atoms with E-state index in [0.717, 1.165) is 11.3 Å². The summed E-state index contributed by atoms with van der Waals surface area (Å²) in [6.45, 7) is 9.40. The Morgan fingerprint density at radius 1 is 1.50 bits per heavy atom. The molecule has 0 aliphatic heterocycles. The Morgan fingerprint density at radius 2 is 2.17 bits per heavy atom. The van der Waals surface area contributed by atoms with Gasteiger partial charge in [-0.3, -0.25) is 9.98 Å². The summed E-state index contributed by atoms with van der Waals surface area (Å²) in [5.74, 6) is -0.331. The number of hydrogen-bond acceptors (Lipinski definition) is 5. The van der Waals surface area contributed by atoms with Crippen LogP contribution in [-0.2, 0) is 11.2 Å². The fraction of sp³-hybridized carbons (Fsp3) is 0.294. The number of rotatable bonds is 7. The Kier molecular flexibility index (Phi) is 11.0. The van der Waals surface area contributed by atoms with E-state index in [1.54, 1.807) is 19.3 Å². The van der Waals surface area contributed by atoms with Crippen LogP contribution in [0.3, 0.4) is 0 Å². The van der Waals surface area contributed by atoms with Gasteiger partial charge < -0.3 is 16.2 Å². The van der Waals surface area contributed by atoms with Crippen LogP contribution in [0.4, 0.5) is 5.82 Å². The van der Waals surface area contributed by atoms with E-state index < -0.39 is 5.97 Å². The molecule has 1 heterocycles. The fourth-order valence-corrected chi connectivity index (χ4v) is 1.56. The van der Waals surface area contributed by atoms with E-state index in [2.05, 4.69) is 32.6 Å². The first-order valence-electron chi connectivity index (χ1n) is 7.46. The van der Waals surface area contributed by atoms with Crippen LogP contribution in [0.1, 0.15) is 25.1 Å². The average molecular weight is 331 g/mol. The van der Waals surface area contributed by atoms with Crippen molar-refractivity contribution in [2.45, 2.75) is 27.2 Å². The van der Waals surface area contributed by atoms with Crippen molar-refractivity contribution in [3.05, 3.63) is 47.9 Å². The summed E-state index contributed by atoms with van der Waals surface area (Å²) in [6, 6.07) is 3.80. The van der Waals surface area contributed by atoms with Crippen LogP contribution < -0.4 is 11.1 Å². The summed E-state index contributed by atoms with van der Waals surface area (Å²) < 4.78 is 0. The minimum atomic E-state index is -1.05. The second-order valence-electron chi connectivity index (χ2n) is 4.46. The van der Waals surface area contributed by atoms with E-state index in [4.69, 9.17) is 5.11 Å². The number of nitrogens with two attached hydrogens (primary N) is 1. The lowest BCUT2D eigenvalue weighted by Crippen LogP contribution is -2.03. The van der Waals surface area contributed by atoms with Gasteiger partial charge in [0.25, 0.3) is 0 Å². The Labute approximate surface area is 142 Å². The first-order valence-corrected chi connectivity index (χ1v) is 7.46. The van der Waals surface area contributed by atoms with Crippen molar-refractivity contribution in [3.8, 4) is 0 Å². The molecule has 1 aromatic rings. The maximum Gasteiger partial charge on any atom is 0.354 e. The third kappa shape index (κ3) is 8.47. The summed E-state index contributed by atoms with van der Waals surface area (Å²) >= 11 is 0. The number of hydrogen-bond donors (Lipinski definition) is 3. The van der Waals surface area contributed by atoms with Crippen molar-refractivity contribution >= 4 is 24.3 Å². The predicted molar refractivity (Wildman–Crippen MR) is 99.6 cm³/mol. The minimum Gasteiger partial charge on any atom is -0.477 e. The maximum atomic E-state index is 11.0. The highest BCUT2D eigenvalue weighted by molar-refractivity contribution is 5.87. The van der Waals surface area contributed by atoms with Gasteiger partial charge in [0.05, 0.1) is 6.34 Å². The van der Waals surface area contributed by atoms with Crippen molar-refractivity contribution in [2.75, 3.05) is 11.9 Å². The van der Waals surface area contributed by atoms with Gasteiger partial charge >= 0.3 is 5.97 Å². The average Bonchev–Trinajstić information content (AvgIpc) is 2.54. The standard InChI is InChI=1S/C15H20N4O2.C2H5N/c1-4-16-10-18-14-11(3)6-7-12(19-14)8-9-13(15(20)21)17-5-2;1-2-3/h5-7,9-10H,4,8H2,1-3H3,(H,20,21)(H,16,18,19);2H,1,3H2/b13-9-,17-5?;. The molecule has 0 saturated heterocycles. The quantitative estimate of drug-likeness (QED) is 0.404. The molecule has 0 aromatic carbocycles. The molecule has 24 heavy (non-hydrogen) atoms. The lowest BCUT2D eigenvalue weighted by molar-refractivity contribution is -0.132. The normalized spacial score (nSPS) is 11.2. The van der Waals surface area contributed by atoms with Gasteiger partial charge in [-0.05, 0) is 44.7 Å². The number of aliphatic imine (C=N–C) groups is 2.